The summed E-state index contributed by atoms with van der Waals surface area (Å²) in [5, 5.41) is 0. The molecular formula is C13H16F3NOS. The molecule has 0 N–H and O–H groups in total. The molecule has 0 fully saturated rings. The molecule has 0 spiro atoms. The van der Waals surface area contributed by atoms with E-state index in [1.54, 1.807) is 23.7 Å². The summed E-state index contributed by atoms with van der Waals surface area (Å²) in [6, 6.07) is 3.62. The van der Waals surface area contributed by atoms with Crippen molar-refractivity contribution in [2.24, 2.45) is 0 Å². The van der Waals surface area contributed by atoms with Gasteiger partial charge in [0.15, 0.2) is 0 Å². The van der Waals surface area contributed by atoms with Gasteiger partial charge in [-0.2, -0.15) is 24.9 Å². The van der Waals surface area contributed by atoms with Crippen molar-refractivity contribution in [1.82, 2.24) is 0 Å². The monoisotopic (exact) mass is 291 g/mol. The lowest BCUT2D eigenvalue weighted by Gasteiger charge is -2.29. The maximum Gasteiger partial charge on any atom is 0.418 e. The second-order valence-corrected chi connectivity index (χ2v) is 5.22. The molecular weight excluding hydrogens is 275 g/mol. The number of aldehydes is 1. The Kier molecular flexibility index (Phi) is 5.29. The maximum atomic E-state index is 13.0. The van der Waals surface area contributed by atoms with E-state index in [9.17, 15) is 18.0 Å². The van der Waals surface area contributed by atoms with Gasteiger partial charge in [0.2, 0.25) is 0 Å². The van der Waals surface area contributed by atoms with E-state index in [-0.39, 0.29) is 17.3 Å². The largest absolute Gasteiger partial charge is 0.418 e. The van der Waals surface area contributed by atoms with Crippen LogP contribution in [-0.4, -0.2) is 31.4 Å². The van der Waals surface area contributed by atoms with Crippen LogP contribution in [-0.2, 0) is 6.18 Å². The molecule has 106 valence electrons. The Morgan fingerprint density at radius 1 is 1.42 bits per heavy atom. The van der Waals surface area contributed by atoms with Gasteiger partial charge >= 0.3 is 6.18 Å². The predicted molar refractivity (Wildman–Crippen MR) is 73.1 cm³/mol. The third-order valence-corrected chi connectivity index (χ3v) is 3.73. The van der Waals surface area contributed by atoms with Crippen molar-refractivity contribution in [3.63, 3.8) is 0 Å². The molecule has 0 aliphatic heterocycles. The van der Waals surface area contributed by atoms with Crippen molar-refractivity contribution in [2.75, 3.05) is 24.0 Å². The summed E-state index contributed by atoms with van der Waals surface area (Å²) in [5.74, 6) is 0.725. The Morgan fingerprint density at radius 3 is 2.53 bits per heavy atom. The van der Waals surface area contributed by atoms with Crippen molar-refractivity contribution in [3.05, 3.63) is 29.3 Å². The normalized spacial score (nSPS) is 13.2. The van der Waals surface area contributed by atoms with Gasteiger partial charge in [-0.05, 0) is 31.4 Å². The molecule has 1 atom stereocenters. The summed E-state index contributed by atoms with van der Waals surface area (Å²) in [5.41, 5.74) is -0.644. The second-order valence-electron chi connectivity index (χ2n) is 4.31. The SMILES string of the molecule is CSCC(C)N(C)c1ccc(C=O)cc1C(F)(F)F. The Labute approximate surface area is 115 Å². The van der Waals surface area contributed by atoms with Gasteiger partial charge in [-0.25, -0.2) is 0 Å². The summed E-state index contributed by atoms with van der Waals surface area (Å²) in [7, 11) is 1.63. The van der Waals surface area contributed by atoms with Crippen molar-refractivity contribution in [2.45, 2.75) is 19.1 Å². The van der Waals surface area contributed by atoms with Crippen molar-refractivity contribution >= 4 is 23.7 Å². The lowest BCUT2D eigenvalue weighted by molar-refractivity contribution is -0.137. The van der Waals surface area contributed by atoms with Crippen molar-refractivity contribution < 1.29 is 18.0 Å². The van der Waals surface area contributed by atoms with Gasteiger partial charge in [0.25, 0.3) is 0 Å². The van der Waals surface area contributed by atoms with E-state index in [0.717, 1.165) is 11.8 Å². The third-order valence-electron chi connectivity index (χ3n) is 2.91. The molecule has 0 saturated heterocycles. The molecule has 0 aliphatic rings. The fourth-order valence-corrected chi connectivity index (χ4v) is 2.46. The predicted octanol–water partition coefficient (Wildman–Crippen LogP) is 3.71. The average molecular weight is 291 g/mol. The lowest BCUT2D eigenvalue weighted by Crippen LogP contribution is -2.32. The van der Waals surface area contributed by atoms with Crippen LogP contribution in [0.4, 0.5) is 18.9 Å². The minimum atomic E-state index is -4.47. The van der Waals surface area contributed by atoms with Gasteiger partial charge in [-0.3, -0.25) is 4.79 Å². The van der Waals surface area contributed by atoms with Crippen LogP contribution < -0.4 is 4.90 Å². The molecule has 1 unspecified atom stereocenters. The highest BCUT2D eigenvalue weighted by Gasteiger charge is 2.35. The van der Waals surface area contributed by atoms with Crippen LogP contribution in [0.1, 0.15) is 22.8 Å². The van der Waals surface area contributed by atoms with E-state index in [4.69, 9.17) is 0 Å². The second kappa shape index (κ2) is 6.32. The Hall–Kier alpha value is -1.17. The van der Waals surface area contributed by atoms with Crippen LogP contribution >= 0.6 is 11.8 Å². The topological polar surface area (TPSA) is 20.3 Å². The molecule has 6 heteroatoms. The van der Waals surface area contributed by atoms with Gasteiger partial charge in [0, 0.05) is 30.1 Å². The molecule has 1 aromatic carbocycles. The minimum absolute atomic E-state index is 0.0295. The number of alkyl halides is 3. The van der Waals surface area contributed by atoms with Crippen LogP contribution in [0.15, 0.2) is 18.2 Å². The molecule has 0 heterocycles. The van der Waals surface area contributed by atoms with Crippen molar-refractivity contribution in [1.29, 1.82) is 0 Å². The number of hydrogen-bond acceptors (Lipinski definition) is 3. The zero-order chi connectivity index (χ0) is 14.6. The zero-order valence-corrected chi connectivity index (χ0v) is 11.8. The maximum absolute atomic E-state index is 13.0. The van der Waals surface area contributed by atoms with Crippen LogP contribution in [0.5, 0.6) is 0 Å². The Bertz CT molecular complexity index is 448. The van der Waals surface area contributed by atoms with Gasteiger partial charge in [0.05, 0.1) is 5.56 Å². The van der Waals surface area contributed by atoms with Crippen LogP contribution in [0.25, 0.3) is 0 Å². The van der Waals surface area contributed by atoms with E-state index < -0.39 is 11.7 Å². The summed E-state index contributed by atoms with van der Waals surface area (Å²) in [6.07, 6.45) is -2.14. The third kappa shape index (κ3) is 3.89. The number of halogens is 3. The van der Waals surface area contributed by atoms with Gasteiger partial charge in [-0.1, -0.05) is 0 Å². The van der Waals surface area contributed by atoms with Gasteiger partial charge in [-0.15, -0.1) is 0 Å². The molecule has 1 aromatic rings. The van der Waals surface area contributed by atoms with E-state index in [1.165, 1.54) is 12.1 Å². The number of thioether (sulfide) groups is 1. The molecule has 19 heavy (non-hydrogen) atoms. The van der Waals surface area contributed by atoms with Crippen LogP contribution in [0, 0.1) is 0 Å². The standard InChI is InChI=1S/C13H16F3NOS/c1-9(8-19-3)17(2)12-5-4-10(7-18)6-11(12)13(14,15)16/h4-7,9H,8H2,1-3H3. The van der Waals surface area contributed by atoms with Gasteiger partial charge < -0.3 is 4.90 Å². The number of anilines is 1. The van der Waals surface area contributed by atoms with E-state index in [2.05, 4.69) is 0 Å². The summed E-state index contributed by atoms with van der Waals surface area (Å²) < 4.78 is 39.1. The lowest BCUT2D eigenvalue weighted by atomic mass is 10.1. The number of benzene rings is 1. The molecule has 2 nitrogen and oxygen atoms in total. The summed E-state index contributed by atoms with van der Waals surface area (Å²) >= 11 is 1.57. The first-order chi connectivity index (χ1) is 8.81. The Balaban J connectivity index is 3.23. The molecule has 1 rings (SSSR count). The molecule has 0 bridgehead atoms. The molecule has 0 aliphatic carbocycles. The fraction of sp³-hybridized carbons (Fsp3) is 0.462. The number of rotatable bonds is 5. The smallest absolute Gasteiger partial charge is 0.371 e. The van der Waals surface area contributed by atoms with Crippen LogP contribution in [0.2, 0.25) is 0 Å². The van der Waals surface area contributed by atoms with E-state index in [0.29, 0.717) is 6.29 Å². The molecule has 0 amide bonds. The van der Waals surface area contributed by atoms with Crippen LogP contribution in [0.3, 0.4) is 0 Å². The zero-order valence-electron chi connectivity index (χ0n) is 11.0. The minimum Gasteiger partial charge on any atom is -0.371 e. The van der Waals surface area contributed by atoms with E-state index in [1.807, 2.05) is 13.2 Å². The number of carbonyl (C=O) groups excluding carboxylic acids is 1. The highest BCUT2D eigenvalue weighted by Crippen LogP contribution is 2.37. The number of carbonyl (C=O) groups is 1. The highest BCUT2D eigenvalue weighted by molar-refractivity contribution is 7.98. The first-order valence-electron chi connectivity index (χ1n) is 5.69. The highest BCUT2D eigenvalue weighted by atomic mass is 32.2. The van der Waals surface area contributed by atoms with Crippen molar-refractivity contribution in [3.8, 4) is 0 Å². The molecule has 0 saturated carbocycles. The number of hydrogen-bond donors (Lipinski definition) is 0. The number of nitrogens with zero attached hydrogens (tertiary/aromatic N) is 1. The van der Waals surface area contributed by atoms with Gasteiger partial charge in [0.1, 0.15) is 6.29 Å². The Morgan fingerprint density at radius 2 is 2.05 bits per heavy atom. The average Bonchev–Trinajstić information content (AvgIpc) is 2.36. The molecule has 0 radical (unpaired) electrons. The molecule has 0 aromatic heterocycles. The fourth-order valence-electron chi connectivity index (χ4n) is 1.75. The summed E-state index contributed by atoms with van der Waals surface area (Å²) in [6.45, 7) is 1.87. The quantitative estimate of drug-likeness (QED) is 0.771. The summed E-state index contributed by atoms with van der Waals surface area (Å²) in [4.78, 5) is 12.2. The van der Waals surface area contributed by atoms with E-state index >= 15 is 0 Å². The first-order valence-corrected chi connectivity index (χ1v) is 7.08. The first kappa shape index (κ1) is 15.9.